The molecule has 0 aliphatic heterocycles. The van der Waals surface area contributed by atoms with Gasteiger partial charge in [-0.15, -0.1) is 0 Å². The van der Waals surface area contributed by atoms with Crippen LogP contribution < -0.4 is 10.7 Å². The summed E-state index contributed by atoms with van der Waals surface area (Å²) >= 11 is 0. The number of aromatic nitrogens is 2. The third-order valence-corrected chi connectivity index (χ3v) is 6.38. The molecule has 0 saturated heterocycles. The minimum atomic E-state index is -4.90. The van der Waals surface area contributed by atoms with Crippen LogP contribution >= 0.6 is 0 Å². The highest BCUT2D eigenvalue weighted by Crippen LogP contribution is 2.31. The molecule has 0 saturated carbocycles. The Balaban J connectivity index is 1.83. The fraction of sp³-hybridized carbons (Fsp3) is 0.296. The molecule has 0 spiro atoms. The van der Waals surface area contributed by atoms with Crippen molar-refractivity contribution in [3.8, 4) is 11.3 Å². The number of carbonyl (C=O) groups excluding carboxylic acids is 2. The van der Waals surface area contributed by atoms with Crippen molar-refractivity contribution in [2.24, 2.45) is 5.92 Å². The standard InChI is InChI=1S/C27H26F3N3O5/c1-14(2)23(25(36)27(28,29)30)32-21(35)13-33-12-18-17(11-19(33)15-7-5-4-6-8-15)16-9-10-20(34)22(24(16)31-18)26(37)38-3/h4-12,14,23,25,31,36H,13H2,1-3H3,(H,32,35). The molecule has 200 valence electrons. The maximum atomic E-state index is 13.2. The number of esters is 1. The van der Waals surface area contributed by atoms with E-state index in [-0.39, 0.29) is 17.6 Å². The highest BCUT2D eigenvalue weighted by Gasteiger charge is 2.45. The molecule has 8 nitrogen and oxygen atoms in total. The van der Waals surface area contributed by atoms with Gasteiger partial charge in [0.2, 0.25) is 5.91 Å². The fourth-order valence-corrected chi connectivity index (χ4v) is 4.48. The van der Waals surface area contributed by atoms with Crippen molar-refractivity contribution in [3.05, 3.63) is 70.5 Å². The summed E-state index contributed by atoms with van der Waals surface area (Å²) in [6, 6.07) is 12.1. The zero-order valence-corrected chi connectivity index (χ0v) is 20.8. The second-order valence-corrected chi connectivity index (χ2v) is 9.28. The Morgan fingerprint density at radius 2 is 1.79 bits per heavy atom. The highest BCUT2D eigenvalue weighted by atomic mass is 19.4. The van der Waals surface area contributed by atoms with Gasteiger partial charge >= 0.3 is 12.1 Å². The van der Waals surface area contributed by atoms with Crippen LogP contribution in [-0.4, -0.2) is 52.0 Å². The minimum absolute atomic E-state index is 0.160. The van der Waals surface area contributed by atoms with Crippen molar-refractivity contribution in [1.29, 1.82) is 0 Å². The van der Waals surface area contributed by atoms with Gasteiger partial charge in [0.25, 0.3) is 0 Å². The molecule has 0 aliphatic rings. The smallest absolute Gasteiger partial charge is 0.416 e. The number of benzene rings is 2. The first-order chi connectivity index (χ1) is 17.9. The number of H-pyrrole nitrogens is 1. The van der Waals surface area contributed by atoms with Gasteiger partial charge in [0.1, 0.15) is 12.1 Å². The van der Waals surface area contributed by atoms with Crippen LogP contribution in [0.3, 0.4) is 0 Å². The fourth-order valence-electron chi connectivity index (χ4n) is 4.48. The van der Waals surface area contributed by atoms with Crippen LogP contribution in [0.15, 0.2) is 59.5 Å². The van der Waals surface area contributed by atoms with E-state index in [1.807, 2.05) is 18.2 Å². The highest BCUT2D eigenvalue weighted by molar-refractivity contribution is 6.14. The number of halogens is 3. The number of nitrogens with one attached hydrogen (secondary N) is 2. The predicted octanol–water partition coefficient (Wildman–Crippen LogP) is 4.00. The van der Waals surface area contributed by atoms with Crippen molar-refractivity contribution in [2.75, 3.05) is 7.11 Å². The zero-order valence-electron chi connectivity index (χ0n) is 20.8. The largest absolute Gasteiger partial charge is 0.465 e. The van der Waals surface area contributed by atoms with Crippen LogP contribution in [0.4, 0.5) is 13.2 Å². The van der Waals surface area contributed by atoms with Crippen molar-refractivity contribution >= 4 is 33.7 Å². The number of pyridine rings is 1. The molecule has 0 aliphatic carbocycles. The lowest BCUT2D eigenvalue weighted by Gasteiger charge is -2.29. The molecule has 4 aromatic rings. The summed E-state index contributed by atoms with van der Waals surface area (Å²) in [5.41, 5.74) is 1.37. The van der Waals surface area contributed by atoms with Gasteiger partial charge in [0.05, 0.1) is 24.2 Å². The number of aliphatic hydroxyl groups excluding tert-OH is 1. The summed E-state index contributed by atoms with van der Waals surface area (Å²) in [6.07, 6.45) is -6.03. The number of rotatable bonds is 7. The Labute approximate surface area is 215 Å². The first kappa shape index (κ1) is 26.9. The third-order valence-electron chi connectivity index (χ3n) is 6.38. The van der Waals surface area contributed by atoms with Crippen molar-refractivity contribution in [1.82, 2.24) is 14.9 Å². The van der Waals surface area contributed by atoms with E-state index in [2.05, 4.69) is 10.3 Å². The van der Waals surface area contributed by atoms with Crippen LogP contribution in [0.25, 0.3) is 33.1 Å². The monoisotopic (exact) mass is 529 g/mol. The number of nitrogens with zero attached hydrogens (tertiary/aromatic N) is 1. The minimum Gasteiger partial charge on any atom is -0.465 e. The molecule has 11 heteroatoms. The second kappa shape index (κ2) is 10.3. The number of hydrogen-bond donors (Lipinski definition) is 3. The lowest BCUT2D eigenvalue weighted by atomic mass is 9.98. The average molecular weight is 530 g/mol. The number of aromatic amines is 1. The Kier molecular flexibility index (Phi) is 7.32. The molecule has 2 aromatic carbocycles. The molecule has 2 aromatic heterocycles. The quantitative estimate of drug-likeness (QED) is 0.313. The van der Waals surface area contributed by atoms with Crippen LogP contribution in [0.2, 0.25) is 0 Å². The van der Waals surface area contributed by atoms with Crippen LogP contribution in [0.5, 0.6) is 0 Å². The molecule has 0 bridgehead atoms. The van der Waals surface area contributed by atoms with Gasteiger partial charge < -0.3 is 24.7 Å². The summed E-state index contributed by atoms with van der Waals surface area (Å²) < 4.78 is 45.9. The van der Waals surface area contributed by atoms with Crippen LogP contribution in [0, 0.1) is 5.92 Å². The van der Waals surface area contributed by atoms with E-state index in [9.17, 15) is 32.7 Å². The number of aliphatic hydroxyl groups is 1. The normalized spacial score (nSPS) is 13.6. The van der Waals surface area contributed by atoms with E-state index in [4.69, 9.17) is 4.74 Å². The third kappa shape index (κ3) is 5.14. The van der Waals surface area contributed by atoms with Crippen molar-refractivity contribution in [2.45, 2.75) is 38.7 Å². The van der Waals surface area contributed by atoms with Gasteiger partial charge in [-0.05, 0) is 29.7 Å². The molecule has 0 radical (unpaired) electrons. The summed E-state index contributed by atoms with van der Waals surface area (Å²) in [6.45, 7) is 2.59. The topological polar surface area (TPSA) is 113 Å². The number of carbonyl (C=O) groups is 2. The van der Waals surface area contributed by atoms with E-state index in [1.54, 1.807) is 35.0 Å². The summed E-state index contributed by atoms with van der Waals surface area (Å²) in [4.78, 5) is 40.7. The predicted molar refractivity (Wildman–Crippen MR) is 136 cm³/mol. The van der Waals surface area contributed by atoms with Gasteiger partial charge in [-0.2, -0.15) is 13.2 Å². The first-order valence-electron chi connectivity index (χ1n) is 11.8. The number of fused-ring (bicyclic) bond motifs is 3. The summed E-state index contributed by atoms with van der Waals surface area (Å²) in [7, 11) is 1.17. The number of ether oxygens (including phenoxy) is 1. The van der Waals surface area contributed by atoms with E-state index in [0.717, 1.165) is 5.56 Å². The Hall–Kier alpha value is -4.12. The summed E-state index contributed by atoms with van der Waals surface area (Å²) in [5.74, 6) is -2.23. The number of alkyl halides is 3. The molecule has 3 N–H and O–H groups in total. The molecule has 2 heterocycles. The first-order valence-corrected chi connectivity index (χ1v) is 11.8. The molecule has 0 fully saturated rings. The van der Waals surface area contributed by atoms with Crippen LogP contribution in [-0.2, 0) is 16.1 Å². The lowest BCUT2D eigenvalue weighted by Crippen LogP contribution is -2.53. The van der Waals surface area contributed by atoms with E-state index in [0.29, 0.717) is 22.0 Å². The van der Waals surface area contributed by atoms with Gasteiger partial charge in [-0.25, -0.2) is 4.79 Å². The molecular weight excluding hydrogens is 503 g/mol. The van der Waals surface area contributed by atoms with E-state index >= 15 is 0 Å². The van der Waals surface area contributed by atoms with Crippen molar-refractivity contribution < 1.29 is 32.6 Å². The number of hydrogen-bond acceptors (Lipinski definition) is 5. The van der Waals surface area contributed by atoms with Crippen molar-refractivity contribution in [3.63, 3.8) is 0 Å². The average Bonchev–Trinajstić information content (AvgIpc) is 3.22. The van der Waals surface area contributed by atoms with Gasteiger partial charge in [0, 0.05) is 22.7 Å². The Morgan fingerprint density at radius 3 is 2.39 bits per heavy atom. The van der Waals surface area contributed by atoms with Gasteiger partial charge in [0.15, 0.2) is 11.5 Å². The second-order valence-electron chi connectivity index (χ2n) is 9.28. The lowest BCUT2D eigenvalue weighted by molar-refractivity contribution is -0.215. The summed E-state index contributed by atoms with van der Waals surface area (Å²) in [5, 5.41) is 13.4. The Morgan fingerprint density at radius 1 is 1.11 bits per heavy atom. The zero-order chi connectivity index (χ0) is 27.8. The SMILES string of the molecule is COC(=O)c1c(=O)ccc2c1[nH]c1cn(CC(=O)NC(C(C)C)C(O)C(F)(F)F)c(-c3ccccc3)cc12. The molecule has 2 atom stereocenters. The van der Waals surface area contributed by atoms with Gasteiger partial charge in [-0.3, -0.25) is 9.59 Å². The van der Waals surface area contributed by atoms with E-state index in [1.165, 1.54) is 27.0 Å². The molecule has 38 heavy (non-hydrogen) atoms. The maximum Gasteiger partial charge on any atom is 0.416 e. The molecule has 1 amide bonds. The number of methoxy groups -OCH3 is 1. The van der Waals surface area contributed by atoms with E-state index < -0.39 is 41.5 Å². The van der Waals surface area contributed by atoms with Gasteiger partial charge in [-0.1, -0.05) is 44.2 Å². The molecule has 4 rings (SSSR count). The molecule has 2 unspecified atom stereocenters. The maximum absolute atomic E-state index is 13.2. The van der Waals surface area contributed by atoms with Crippen LogP contribution in [0.1, 0.15) is 24.2 Å². The number of amides is 1. The molecular formula is C27H26F3N3O5. The Bertz CT molecular complexity index is 1560.